The first-order chi connectivity index (χ1) is 15.9. The number of fused-ring (bicyclic) bond motifs is 3. The van der Waals surface area contributed by atoms with Gasteiger partial charge >= 0.3 is 0 Å². The molecular formula is C25H27ClN6O. The predicted molar refractivity (Wildman–Crippen MR) is 132 cm³/mol. The number of aryl methyl sites for hydroxylation is 2. The maximum atomic E-state index is 10.9. The van der Waals surface area contributed by atoms with E-state index in [2.05, 4.69) is 33.0 Å². The first-order valence-electron chi connectivity index (χ1n) is 11.5. The minimum absolute atomic E-state index is 0.171. The molecule has 0 aliphatic carbocycles. The average molecular weight is 463 g/mol. The molecule has 170 valence electrons. The minimum atomic E-state index is 0.171. The number of halogens is 1. The van der Waals surface area contributed by atoms with Gasteiger partial charge in [0, 0.05) is 54.3 Å². The van der Waals surface area contributed by atoms with E-state index in [9.17, 15) is 5.11 Å². The van der Waals surface area contributed by atoms with E-state index in [1.54, 1.807) is 4.68 Å². The Morgan fingerprint density at radius 2 is 2.00 bits per heavy atom. The molecule has 6 rings (SSSR count). The van der Waals surface area contributed by atoms with Crippen molar-refractivity contribution in [2.75, 3.05) is 31.6 Å². The fraction of sp³-hybridized carbons (Fsp3) is 0.400. The molecule has 33 heavy (non-hydrogen) atoms. The number of hydrogen-bond donors (Lipinski definition) is 1. The molecule has 0 saturated carbocycles. The summed E-state index contributed by atoms with van der Waals surface area (Å²) in [6.45, 7) is 5.13. The van der Waals surface area contributed by atoms with E-state index in [1.807, 2.05) is 38.5 Å². The smallest absolute Gasteiger partial charge is 0.161 e. The predicted octanol–water partition coefficient (Wildman–Crippen LogP) is 4.38. The molecule has 7 nitrogen and oxygen atoms in total. The molecule has 5 heterocycles. The number of phenolic OH excluding ortho intramolecular Hbond substituents is 1. The van der Waals surface area contributed by atoms with Crippen LogP contribution in [0.5, 0.6) is 5.75 Å². The Balaban J connectivity index is 1.39. The Kier molecular flexibility index (Phi) is 4.74. The lowest BCUT2D eigenvalue weighted by molar-refractivity contribution is 0.158. The van der Waals surface area contributed by atoms with E-state index < -0.39 is 0 Å². The molecular weight excluding hydrogens is 436 g/mol. The molecule has 2 aliphatic heterocycles. The van der Waals surface area contributed by atoms with Crippen molar-refractivity contribution in [3.05, 3.63) is 41.2 Å². The molecule has 2 atom stereocenters. The minimum Gasteiger partial charge on any atom is -0.507 e. The number of nitrogens with zero attached hydrogens (tertiary/aromatic N) is 6. The van der Waals surface area contributed by atoms with Gasteiger partial charge in [0.1, 0.15) is 5.75 Å². The Bertz CT molecular complexity index is 1400. The highest BCUT2D eigenvalue weighted by Crippen LogP contribution is 2.39. The Hall–Kier alpha value is -2.90. The van der Waals surface area contributed by atoms with Crippen LogP contribution in [0.4, 0.5) is 5.69 Å². The molecule has 2 aliphatic rings. The van der Waals surface area contributed by atoms with Crippen LogP contribution < -0.4 is 4.90 Å². The number of likely N-dealkylation sites (tertiary alicyclic amines) is 1. The van der Waals surface area contributed by atoms with Crippen LogP contribution in [-0.4, -0.2) is 62.5 Å². The molecule has 1 N–H and O–H groups in total. The summed E-state index contributed by atoms with van der Waals surface area (Å²) in [6, 6.07) is 6.45. The summed E-state index contributed by atoms with van der Waals surface area (Å²) >= 11 is 6.75. The van der Waals surface area contributed by atoms with Crippen LogP contribution in [-0.2, 0) is 7.05 Å². The highest BCUT2D eigenvalue weighted by atomic mass is 35.5. The SMILES string of the molecule is Cc1c(O)c(-c2cc(Cl)c3cc(N4CC5CCCN(C)C5C4)cnc3n2)cc2cn(C)nc12. The molecule has 2 unspecified atom stereocenters. The number of pyridine rings is 2. The summed E-state index contributed by atoms with van der Waals surface area (Å²) in [7, 11) is 4.11. The third-order valence-corrected chi connectivity index (χ3v) is 7.73. The summed E-state index contributed by atoms with van der Waals surface area (Å²) < 4.78 is 1.75. The molecule has 0 radical (unpaired) electrons. The number of piperidine rings is 1. The molecule has 3 aromatic heterocycles. The van der Waals surface area contributed by atoms with Crippen molar-refractivity contribution in [1.82, 2.24) is 24.6 Å². The number of likely N-dealkylation sites (N-methyl/N-ethyl adjacent to an activating group) is 1. The highest BCUT2D eigenvalue weighted by Gasteiger charge is 2.37. The van der Waals surface area contributed by atoms with E-state index in [-0.39, 0.29) is 5.75 Å². The molecule has 4 aromatic rings. The quantitative estimate of drug-likeness (QED) is 0.476. The van der Waals surface area contributed by atoms with Crippen molar-refractivity contribution in [1.29, 1.82) is 0 Å². The molecule has 2 fully saturated rings. The van der Waals surface area contributed by atoms with Crippen molar-refractivity contribution in [3.8, 4) is 17.0 Å². The van der Waals surface area contributed by atoms with Crippen molar-refractivity contribution in [3.63, 3.8) is 0 Å². The second kappa shape index (κ2) is 7.57. The lowest BCUT2D eigenvalue weighted by Crippen LogP contribution is -2.42. The van der Waals surface area contributed by atoms with E-state index in [0.717, 1.165) is 40.6 Å². The molecule has 8 heteroatoms. The van der Waals surface area contributed by atoms with Crippen molar-refractivity contribution in [2.45, 2.75) is 25.8 Å². The third-order valence-electron chi connectivity index (χ3n) is 7.42. The van der Waals surface area contributed by atoms with Crippen molar-refractivity contribution >= 4 is 39.2 Å². The van der Waals surface area contributed by atoms with Gasteiger partial charge in [-0.2, -0.15) is 5.10 Å². The van der Waals surface area contributed by atoms with Gasteiger partial charge in [-0.3, -0.25) is 4.68 Å². The van der Waals surface area contributed by atoms with Gasteiger partial charge < -0.3 is 14.9 Å². The maximum absolute atomic E-state index is 10.9. The van der Waals surface area contributed by atoms with Gasteiger partial charge in [-0.1, -0.05) is 11.6 Å². The van der Waals surface area contributed by atoms with Gasteiger partial charge in [0.2, 0.25) is 0 Å². The zero-order valence-corrected chi connectivity index (χ0v) is 19.8. The van der Waals surface area contributed by atoms with Gasteiger partial charge in [0.05, 0.1) is 28.1 Å². The van der Waals surface area contributed by atoms with Crippen LogP contribution in [0.1, 0.15) is 18.4 Å². The fourth-order valence-corrected chi connectivity index (χ4v) is 5.86. The average Bonchev–Trinajstić information content (AvgIpc) is 3.40. The van der Waals surface area contributed by atoms with Gasteiger partial charge in [-0.25, -0.2) is 9.97 Å². The van der Waals surface area contributed by atoms with Crippen LogP contribution in [0.15, 0.2) is 30.6 Å². The highest BCUT2D eigenvalue weighted by molar-refractivity contribution is 6.35. The van der Waals surface area contributed by atoms with Crippen LogP contribution in [0.25, 0.3) is 33.2 Å². The van der Waals surface area contributed by atoms with Gasteiger partial charge in [-0.15, -0.1) is 0 Å². The van der Waals surface area contributed by atoms with Gasteiger partial charge in [0.15, 0.2) is 5.65 Å². The molecule has 2 saturated heterocycles. The second-order valence-corrected chi connectivity index (χ2v) is 9.95. The van der Waals surface area contributed by atoms with Gasteiger partial charge in [-0.05, 0) is 57.5 Å². The van der Waals surface area contributed by atoms with Crippen LogP contribution in [0.3, 0.4) is 0 Å². The van der Waals surface area contributed by atoms with Crippen LogP contribution >= 0.6 is 11.6 Å². The van der Waals surface area contributed by atoms with E-state index in [0.29, 0.717) is 33.9 Å². The summed E-state index contributed by atoms with van der Waals surface area (Å²) in [5, 5.41) is 17.7. The summed E-state index contributed by atoms with van der Waals surface area (Å²) in [5.74, 6) is 0.883. The standard InChI is InChI=1S/C25H27ClN6O/c1-14-23-16(11-31(3)29-23)7-19(24(14)33)21-9-20(26)18-8-17(10-27-25(18)28-21)32-12-15-5-4-6-30(2)22(15)13-32/h7-11,15,22,33H,4-6,12-13H2,1-3H3. The number of aromatic hydroxyl groups is 1. The topological polar surface area (TPSA) is 70.3 Å². The molecule has 0 amide bonds. The first-order valence-corrected chi connectivity index (χ1v) is 11.8. The van der Waals surface area contributed by atoms with E-state index >= 15 is 0 Å². The monoisotopic (exact) mass is 462 g/mol. The fourth-order valence-electron chi connectivity index (χ4n) is 5.62. The molecule has 0 bridgehead atoms. The number of phenols is 1. The third kappa shape index (κ3) is 3.33. The number of rotatable bonds is 2. The number of benzene rings is 1. The first kappa shape index (κ1) is 20.7. The van der Waals surface area contributed by atoms with Crippen LogP contribution in [0.2, 0.25) is 5.02 Å². The Morgan fingerprint density at radius 1 is 1.15 bits per heavy atom. The summed E-state index contributed by atoms with van der Waals surface area (Å²) in [4.78, 5) is 14.4. The molecule has 1 aromatic carbocycles. The Labute approximate surface area is 197 Å². The number of anilines is 1. The zero-order chi connectivity index (χ0) is 22.9. The lowest BCUT2D eigenvalue weighted by Gasteiger charge is -2.33. The number of aromatic nitrogens is 4. The Morgan fingerprint density at radius 3 is 2.82 bits per heavy atom. The largest absolute Gasteiger partial charge is 0.507 e. The lowest BCUT2D eigenvalue weighted by atomic mass is 9.93. The zero-order valence-electron chi connectivity index (χ0n) is 19.1. The maximum Gasteiger partial charge on any atom is 0.161 e. The number of hydrogen-bond acceptors (Lipinski definition) is 6. The normalized spacial score (nSPS) is 21.3. The second-order valence-electron chi connectivity index (χ2n) is 9.55. The molecule has 0 spiro atoms. The van der Waals surface area contributed by atoms with E-state index in [1.165, 1.54) is 19.4 Å². The van der Waals surface area contributed by atoms with Crippen LogP contribution in [0, 0.1) is 12.8 Å². The van der Waals surface area contributed by atoms with Gasteiger partial charge in [0.25, 0.3) is 0 Å². The van der Waals surface area contributed by atoms with Crippen molar-refractivity contribution in [2.24, 2.45) is 13.0 Å². The van der Waals surface area contributed by atoms with Crippen molar-refractivity contribution < 1.29 is 5.11 Å². The summed E-state index contributed by atoms with van der Waals surface area (Å²) in [5.41, 5.74) is 4.42. The van der Waals surface area contributed by atoms with E-state index in [4.69, 9.17) is 16.6 Å². The summed E-state index contributed by atoms with van der Waals surface area (Å²) in [6.07, 6.45) is 6.41.